The fraction of sp³-hybridized carbons (Fsp3) is 0.900. The van der Waals surface area contributed by atoms with Crippen molar-refractivity contribution in [3.05, 3.63) is 12.2 Å². The Morgan fingerprint density at radius 2 is 1.68 bits per heavy atom. The summed E-state index contributed by atoms with van der Waals surface area (Å²) in [5, 5.41) is 21.5. The van der Waals surface area contributed by atoms with Crippen LogP contribution in [0.3, 0.4) is 0 Å². The van der Waals surface area contributed by atoms with Gasteiger partial charge in [0.05, 0.1) is 12.2 Å². The summed E-state index contributed by atoms with van der Waals surface area (Å²) in [5.74, 6) is 1.75. The summed E-state index contributed by atoms with van der Waals surface area (Å²) in [4.78, 5) is 0. The molecule has 4 saturated carbocycles. The lowest BCUT2D eigenvalue weighted by molar-refractivity contribution is -0.195. The minimum Gasteiger partial charge on any atom is -0.393 e. The van der Waals surface area contributed by atoms with Crippen molar-refractivity contribution in [3.63, 3.8) is 0 Å². The van der Waals surface area contributed by atoms with Crippen LogP contribution in [0.5, 0.6) is 0 Å². The summed E-state index contributed by atoms with van der Waals surface area (Å²) in [7, 11) is 0. The van der Waals surface area contributed by atoms with Crippen LogP contribution < -0.4 is 0 Å². The lowest BCUT2D eigenvalue weighted by Crippen LogP contribution is -2.61. The third-order valence-electron chi connectivity index (χ3n) is 8.75. The molecule has 2 N–H and O–H groups in total. The molecule has 0 radical (unpaired) electrons. The van der Waals surface area contributed by atoms with Gasteiger partial charge in [-0.3, -0.25) is 0 Å². The maximum atomic E-state index is 11.0. The van der Waals surface area contributed by atoms with Gasteiger partial charge in [-0.05, 0) is 79.1 Å². The maximum Gasteiger partial charge on any atom is 0.0809 e. The normalized spacial score (nSPS) is 56.4. The van der Waals surface area contributed by atoms with Gasteiger partial charge in [0.15, 0.2) is 0 Å². The summed E-state index contributed by atoms with van der Waals surface area (Å²) < 4.78 is 0. The van der Waals surface area contributed by atoms with Gasteiger partial charge in [0.1, 0.15) is 0 Å². The van der Waals surface area contributed by atoms with Gasteiger partial charge in [-0.15, -0.1) is 0 Å². The molecule has 7 atom stereocenters. The Bertz CT molecular complexity index is 510. The van der Waals surface area contributed by atoms with Crippen molar-refractivity contribution >= 4 is 0 Å². The second-order valence-corrected chi connectivity index (χ2v) is 9.71. The van der Waals surface area contributed by atoms with Crippen LogP contribution in [0, 0.1) is 34.0 Å². The van der Waals surface area contributed by atoms with Crippen LogP contribution in [0.25, 0.3) is 0 Å². The van der Waals surface area contributed by atoms with E-state index in [-0.39, 0.29) is 28.5 Å². The summed E-state index contributed by atoms with van der Waals surface area (Å²) in [6.07, 6.45) is 7.53. The molecule has 2 unspecified atom stereocenters. The average Bonchev–Trinajstić information content (AvgIpc) is 2.65. The molecule has 1 spiro atoms. The van der Waals surface area contributed by atoms with Gasteiger partial charge in [0.25, 0.3) is 0 Å². The van der Waals surface area contributed by atoms with Crippen molar-refractivity contribution in [2.45, 2.75) is 77.9 Å². The molecule has 124 valence electrons. The average molecular weight is 304 g/mol. The minimum atomic E-state index is -0.280. The van der Waals surface area contributed by atoms with Gasteiger partial charge < -0.3 is 10.2 Å². The first kappa shape index (κ1) is 15.2. The number of aliphatic hydroxyl groups excluding tert-OH is 2. The molecule has 0 saturated heterocycles. The van der Waals surface area contributed by atoms with Gasteiger partial charge in [-0.1, -0.05) is 27.4 Å². The number of hydrogen-bond acceptors (Lipinski definition) is 2. The van der Waals surface area contributed by atoms with Gasteiger partial charge in [-0.2, -0.15) is 0 Å². The van der Waals surface area contributed by atoms with Crippen LogP contribution in [0.4, 0.5) is 0 Å². The molecule has 2 nitrogen and oxygen atoms in total. The minimum absolute atomic E-state index is 0.00598. The molecule has 2 bridgehead atoms. The highest BCUT2D eigenvalue weighted by molar-refractivity contribution is 5.27. The predicted octanol–water partition coefficient (Wildman–Crippen LogP) is 3.92. The Morgan fingerprint density at radius 1 is 0.955 bits per heavy atom. The third-order valence-corrected chi connectivity index (χ3v) is 8.75. The zero-order chi connectivity index (χ0) is 15.9. The molecule has 4 aliphatic carbocycles. The zero-order valence-electron chi connectivity index (χ0n) is 14.4. The van der Waals surface area contributed by atoms with E-state index in [9.17, 15) is 10.2 Å². The molecular formula is C20H32O2. The number of aliphatic hydroxyl groups is 2. The van der Waals surface area contributed by atoms with E-state index in [1.807, 2.05) is 0 Å². The molecule has 0 amide bonds. The molecule has 4 aliphatic rings. The van der Waals surface area contributed by atoms with E-state index in [0.29, 0.717) is 17.8 Å². The molecule has 0 heterocycles. The number of rotatable bonds is 0. The highest BCUT2D eigenvalue weighted by Crippen LogP contribution is 2.71. The second kappa shape index (κ2) is 4.39. The van der Waals surface area contributed by atoms with Crippen LogP contribution in [0.15, 0.2) is 12.2 Å². The lowest BCUT2D eigenvalue weighted by atomic mass is 9.40. The quantitative estimate of drug-likeness (QED) is 0.666. The molecule has 4 fully saturated rings. The summed E-state index contributed by atoms with van der Waals surface area (Å²) in [6.45, 7) is 11.3. The number of hydrogen-bond donors (Lipinski definition) is 2. The summed E-state index contributed by atoms with van der Waals surface area (Å²) in [5.41, 5.74) is 1.51. The van der Waals surface area contributed by atoms with Crippen molar-refractivity contribution in [2.24, 2.45) is 34.0 Å². The molecule has 4 rings (SSSR count). The standard InChI is InChI=1S/C20H32O2/c1-12-13-5-6-15-19(4)9-8-16(21)18(2,3)14(19)7-10-20(15,11-13)17(12)22/h13-17,21-22H,1,5-11H2,2-4H3/t13-,14-,15-,16?,17?,19+,20+/m1/s1. The van der Waals surface area contributed by atoms with E-state index in [0.717, 1.165) is 31.3 Å². The van der Waals surface area contributed by atoms with Gasteiger partial charge >= 0.3 is 0 Å². The predicted molar refractivity (Wildman–Crippen MR) is 88.3 cm³/mol. The number of fused-ring (bicyclic) bond motifs is 3. The van der Waals surface area contributed by atoms with E-state index in [2.05, 4.69) is 27.4 Å². The van der Waals surface area contributed by atoms with Crippen LogP contribution in [0.1, 0.15) is 65.7 Å². The summed E-state index contributed by atoms with van der Waals surface area (Å²) in [6, 6.07) is 0. The van der Waals surface area contributed by atoms with Crippen LogP contribution in [-0.4, -0.2) is 22.4 Å². The third kappa shape index (κ3) is 1.59. The molecule has 0 aromatic heterocycles. The highest BCUT2D eigenvalue weighted by Gasteiger charge is 2.66. The van der Waals surface area contributed by atoms with Crippen LogP contribution >= 0.6 is 0 Å². The Hall–Kier alpha value is -0.340. The van der Waals surface area contributed by atoms with Crippen molar-refractivity contribution in [3.8, 4) is 0 Å². The first-order valence-corrected chi connectivity index (χ1v) is 9.28. The van der Waals surface area contributed by atoms with Crippen molar-refractivity contribution in [2.75, 3.05) is 0 Å². The molecule has 22 heavy (non-hydrogen) atoms. The fourth-order valence-electron chi connectivity index (χ4n) is 7.58. The van der Waals surface area contributed by atoms with Crippen molar-refractivity contribution in [1.29, 1.82) is 0 Å². The SMILES string of the molecule is C=C1C(O)[C@]23CC[C@@H]4C(C)(C)C(O)CC[C@]4(C)[C@H]2CC[C@@H]1C3. The highest BCUT2D eigenvalue weighted by atomic mass is 16.3. The molecule has 0 aromatic carbocycles. The Labute approximate surface area is 135 Å². The van der Waals surface area contributed by atoms with Crippen LogP contribution in [0.2, 0.25) is 0 Å². The Morgan fingerprint density at radius 3 is 2.41 bits per heavy atom. The van der Waals surface area contributed by atoms with E-state index in [1.165, 1.54) is 19.3 Å². The van der Waals surface area contributed by atoms with E-state index < -0.39 is 0 Å². The molecular weight excluding hydrogens is 272 g/mol. The summed E-state index contributed by atoms with van der Waals surface area (Å²) >= 11 is 0. The van der Waals surface area contributed by atoms with Crippen molar-refractivity contribution in [1.82, 2.24) is 0 Å². The lowest BCUT2D eigenvalue weighted by Gasteiger charge is -2.65. The first-order valence-electron chi connectivity index (χ1n) is 9.28. The zero-order valence-corrected chi connectivity index (χ0v) is 14.4. The first-order chi connectivity index (χ1) is 10.2. The van der Waals surface area contributed by atoms with E-state index >= 15 is 0 Å². The van der Waals surface area contributed by atoms with E-state index in [4.69, 9.17) is 0 Å². The molecule has 2 heteroatoms. The monoisotopic (exact) mass is 304 g/mol. The Kier molecular flexibility index (Phi) is 3.03. The maximum absolute atomic E-state index is 11.0. The van der Waals surface area contributed by atoms with E-state index in [1.54, 1.807) is 0 Å². The van der Waals surface area contributed by atoms with Crippen molar-refractivity contribution < 1.29 is 10.2 Å². The van der Waals surface area contributed by atoms with Gasteiger partial charge in [0, 0.05) is 5.41 Å². The smallest absolute Gasteiger partial charge is 0.0809 e. The second-order valence-electron chi connectivity index (χ2n) is 9.71. The Balaban J connectivity index is 1.77. The largest absolute Gasteiger partial charge is 0.393 e. The molecule has 0 aliphatic heterocycles. The fourth-order valence-corrected chi connectivity index (χ4v) is 7.58. The van der Waals surface area contributed by atoms with Crippen LogP contribution in [-0.2, 0) is 0 Å². The van der Waals surface area contributed by atoms with Gasteiger partial charge in [0.2, 0.25) is 0 Å². The topological polar surface area (TPSA) is 40.5 Å². The molecule has 0 aromatic rings. The van der Waals surface area contributed by atoms with Gasteiger partial charge in [-0.25, -0.2) is 0 Å².